The van der Waals surface area contributed by atoms with Gasteiger partial charge in [-0.2, -0.15) is 18.0 Å². The van der Waals surface area contributed by atoms with E-state index in [2.05, 4.69) is 15.4 Å². The number of hydrogen-bond donors (Lipinski definition) is 0. The predicted molar refractivity (Wildman–Crippen MR) is 124 cm³/mol. The first-order chi connectivity index (χ1) is 17.5. The summed E-state index contributed by atoms with van der Waals surface area (Å²) < 4.78 is 58.5. The van der Waals surface area contributed by atoms with Crippen LogP contribution in [0.4, 0.5) is 17.6 Å². The molecule has 1 fully saturated rings. The summed E-state index contributed by atoms with van der Waals surface area (Å²) in [4.78, 5) is 25.9. The molecule has 2 aromatic carbocycles. The highest BCUT2D eigenvalue weighted by Crippen LogP contribution is 2.44. The quantitative estimate of drug-likeness (QED) is 0.401. The van der Waals surface area contributed by atoms with Crippen molar-refractivity contribution in [2.24, 2.45) is 12.5 Å². The Labute approximate surface area is 213 Å². The highest BCUT2D eigenvalue weighted by molar-refractivity contribution is 6.31. The number of carbonyl (C=O) groups is 2. The van der Waals surface area contributed by atoms with Gasteiger partial charge in [-0.15, -0.1) is 10.2 Å². The van der Waals surface area contributed by atoms with Gasteiger partial charge in [0.1, 0.15) is 11.6 Å². The number of hydrogen-bond acceptors (Lipinski definition) is 6. The molecule has 0 saturated carbocycles. The summed E-state index contributed by atoms with van der Waals surface area (Å²) in [6, 6.07) is 8.30. The Kier molecular flexibility index (Phi) is 6.39. The van der Waals surface area contributed by atoms with Gasteiger partial charge in [-0.1, -0.05) is 29.8 Å². The number of carbonyl (C=O) groups excluding carboxylic acids is 2. The van der Waals surface area contributed by atoms with E-state index in [9.17, 15) is 27.2 Å². The molecule has 1 aliphatic carbocycles. The van der Waals surface area contributed by atoms with Crippen molar-refractivity contribution in [2.45, 2.75) is 37.8 Å². The SMILES string of the molecule is Cn1nnc(-c2c(F)cc(Cl)cc2-c2ccc3c(c2)CC[C@@H]3CC(=O)C2(CC(=O)C(F)(F)F)COC2)n1. The normalized spacial score (nSPS) is 18.4. The number of halogens is 5. The molecular weight excluding hydrogens is 516 g/mol. The molecule has 12 heteroatoms. The highest BCUT2D eigenvalue weighted by Gasteiger charge is 2.52. The molecule has 2 heterocycles. The first kappa shape index (κ1) is 25.5. The first-order valence-electron chi connectivity index (χ1n) is 11.5. The Morgan fingerprint density at radius 3 is 2.59 bits per heavy atom. The monoisotopic (exact) mass is 536 g/mol. The minimum absolute atomic E-state index is 0.0153. The lowest BCUT2D eigenvalue weighted by Gasteiger charge is -2.40. The largest absolute Gasteiger partial charge is 0.450 e. The minimum atomic E-state index is -4.99. The second kappa shape index (κ2) is 9.29. The summed E-state index contributed by atoms with van der Waals surface area (Å²) in [5.41, 5.74) is 1.73. The van der Waals surface area contributed by atoms with E-state index in [0.29, 0.717) is 24.0 Å². The second-order valence-electron chi connectivity index (χ2n) is 9.56. The van der Waals surface area contributed by atoms with E-state index in [1.165, 1.54) is 10.9 Å². The van der Waals surface area contributed by atoms with Crippen LogP contribution in [-0.4, -0.2) is 51.2 Å². The zero-order valence-electron chi connectivity index (χ0n) is 19.6. The molecule has 5 rings (SSSR count). The number of ether oxygens (including phenoxy) is 1. The molecule has 0 radical (unpaired) electrons. The Morgan fingerprint density at radius 2 is 1.97 bits per heavy atom. The van der Waals surface area contributed by atoms with Gasteiger partial charge in [0, 0.05) is 17.9 Å². The number of fused-ring (bicyclic) bond motifs is 1. The number of ketones is 2. The van der Waals surface area contributed by atoms with Crippen LogP contribution in [0.25, 0.3) is 22.5 Å². The number of aromatic nitrogens is 4. The Morgan fingerprint density at radius 1 is 1.22 bits per heavy atom. The lowest BCUT2D eigenvalue weighted by Crippen LogP contribution is -2.52. The van der Waals surface area contributed by atoms with Crippen molar-refractivity contribution < 1.29 is 31.9 Å². The zero-order chi connectivity index (χ0) is 26.5. The van der Waals surface area contributed by atoms with Crippen LogP contribution in [0.3, 0.4) is 0 Å². The van der Waals surface area contributed by atoms with Crippen molar-refractivity contribution in [1.82, 2.24) is 20.2 Å². The van der Waals surface area contributed by atoms with Crippen LogP contribution in [0, 0.1) is 11.2 Å². The van der Waals surface area contributed by atoms with Crippen LogP contribution in [0.2, 0.25) is 5.02 Å². The molecule has 1 saturated heterocycles. The van der Waals surface area contributed by atoms with Crippen molar-refractivity contribution in [3.63, 3.8) is 0 Å². The van der Waals surface area contributed by atoms with E-state index in [0.717, 1.165) is 11.1 Å². The van der Waals surface area contributed by atoms with Gasteiger partial charge >= 0.3 is 6.18 Å². The lowest BCUT2D eigenvalue weighted by atomic mass is 9.73. The standard InChI is InChI=1S/C25H21ClF4N4O3/c1-34-32-23(31-33-34)22-18(8-16(26)9-19(22)27)14-4-5-17-13(6-14)2-3-15(17)7-20(35)24(11-37-12-24)10-21(36)25(28,29)30/h4-6,8-9,15H,2-3,7,10-12H2,1H3/t15-/m1/s1. The number of tetrazole rings is 1. The van der Waals surface area contributed by atoms with Crippen LogP contribution >= 0.6 is 11.6 Å². The van der Waals surface area contributed by atoms with Gasteiger partial charge in [0.05, 0.1) is 31.2 Å². The molecule has 37 heavy (non-hydrogen) atoms. The molecule has 1 aromatic heterocycles. The smallest absolute Gasteiger partial charge is 0.379 e. The van der Waals surface area contributed by atoms with Crippen LogP contribution in [0.5, 0.6) is 0 Å². The molecule has 1 atom stereocenters. The number of nitrogens with zero attached hydrogens (tertiary/aromatic N) is 4. The van der Waals surface area contributed by atoms with Crippen molar-refractivity contribution in [2.75, 3.05) is 13.2 Å². The molecule has 1 aliphatic heterocycles. The fraction of sp³-hybridized carbons (Fsp3) is 0.400. The van der Waals surface area contributed by atoms with Gasteiger partial charge in [-0.3, -0.25) is 9.59 Å². The summed E-state index contributed by atoms with van der Waals surface area (Å²) in [7, 11) is 1.57. The zero-order valence-corrected chi connectivity index (χ0v) is 20.4. The summed E-state index contributed by atoms with van der Waals surface area (Å²) in [5.74, 6) is -3.00. The molecule has 3 aromatic rings. The summed E-state index contributed by atoms with van der Waals surface area (Å²) in [6.45, 7) is -0.378. The highest BCUT2D eigenvalue weighted by atomic mass is 35.5. The first-order valence-corrected chi connectivity index (χ1v) is 11.9. The molecule has 194 valence electrons. The lowest BCUT2D eigenvalue weighted by molar-refractivity contribution is -0.186. The molecule has 0 unspecified atom stereocenters. The van der Waals surface area contributed by atoms with E-state index < -0.39 is 35.4 Å². The van der Waals surface area contributed by atoms with Crippen molar-refractivity contribution in [3.05, 3.63) is 52.3 Å². The molecular formula is C25H21ClF4N4O3. The maximum absolute atomic E-state index is 14.9. The van der Waals surface area contributed by atoms with Gasteiger partial charge in [-0.05, 0) is 58.4 Å². The van der Waals surface area contributed by atoms with Crippen molar-refractivity contribution in [1.29, 1.82) is 0 Å². The molecule has 0 N–H and O–H groups in total. The molecule has 0 spiro atoms. The number of aryl methyl sites for hydroxylation is 2. The van der Waals surface area contributed by atoms with Gasteiger partial charge < -0.3 is 4.74 Å². The van der Waals surface area contributed by atoms with Gasteiger partial charge in [0.15, 0.2) is 0 Å². The average Bonchev–Trinajstić information content (AvgIpc) is 3.40. The van der Waals surface area contributed by atoms with E-state index >= 15 is 0 Å². The van der Waals surface area contributed by atoms with Crippen LogP contribution in [0.15, 0.2) is 30.3 Å². The number of benzene rings is 2. The maximum Gasteiger partial charge on any atom is 0.450 e. The van der Waals surface area contributed by atoms with E-state index in [1.807, 2.05) is 12.1 Å². The molecule has 7 nitrogen and oxygen atoms in total. The molecule has 2 aliphatic rings. The van der Waals surface area contributed by atoms with Crippen molar-refractivity contribution in [3.8, 4) is 22.5 Å². The maximum atomic E-state index is 14.9. The Bertz CT molecular complexity index is 1400. The van der Waals surface area contributed by atoms with Gasteiger partial charge in [0.25, 0.3) is 0 Å². The van der Waals surface area contributed by atoms with Crippen molar-refractivity contribution >= 4 is 23.2 Å². The van der Waals surface area contributed by atoms with E-state index in [1.54, 1.807) is 19.2 Å². The second-order valence-corrected chi connectivity index (χ2v) is 10.00. The Hall–Kier alpha value is -3.18. The topological polar surface area (TPSA) is 87.0 Å². The third-order valence-corrected chi connectivity index (χ3v) is 7.26. The predicted octanol–water partition coefficient (Wildman–Crippen LogP) is 4.86. The fourth-order valence-electron chi connectivity index (χ4n) is 5.06. The molecule has 0 bridgehead atoms. The van der Waals surface area contributed by atoms with Gasteiger partial charge in [-0.25, -0.2) is 4.39 Å². The van der Waals surface area contributed by atoms with E-state index in [-0.39, 0.29) is 42.0 Å². The molecule has 0 amide bonds. The summed E-state index contributed by atoms with van der Waals surface area (Å²) >= 11 is 6.14. The number of alkyl halides is 3. The van der Waals surface area contributed by atoms with Crippen LogP contribution in [0.1, 0.15) is 36.3 Å². The van der Waals surface area contributed by atoms with Crippen LogP contribution < -0.4 is 0 Å². The average molecular weight is 537 g/mol. The third kappa shape index (κ3) is 4.77. The Balaban J connectivity index is 1.41. The van der Waals surface area contributed by atoms with Crippen LogP contribution in [-0.2, 0) is 27.8 Å². The summed E-state index contributed by atoms with van der Waals surface area (Å²) in [6.07, 6.45) is -4.61. The third-order valence-electron chi connectivity index (χ3n) is 7.04. The van der Waals surface area contributed by atoms with Gasteiger partial charge in [0.2, 0.25) is 11.6 Å². The summed E-state index contributed by atoms with van der Waals surface area (Å²) in [5, 5.41) is 12.0. The number of rotatable bonds is 7. The fourth-order valence-corrected chi connectivity index (χ4v) is 5.26. The number of Topliss-reactive ketones (excluding diaryl/α,β-unsaturated/α-hetero) is 2. The van der Waals surface area contributed by atoms with E-state index in [4.69, 9.17) is 16.3 Å². The minimum Gasteiger partial charge on any atom is -0.379 e.